The van der Waals surface area contributed by atoms with Crippen LogP contribution in [-0.2, 0) is 16.0 Å². The highest BCUT2D eigenvalue weighted by Crippen LogP contribution is 2.27. The van der Waals surface area contributed by atoms with Gasteiger partial charge in [0, 0.05) is 25.5 Å². The number of imidazole rings is 1. The molecule has 1 saturated heterocycles. The Hall–Kier alpha value is -4.12. The van der Waals surface area contributed by atoms with Gasteiger partial charge in [0.2, 0.25) is 5.95 Å². The van der Waals surface area contributed by atoms with Gasteiger partial charge in [-0.25, -0.2) is 29.7 Å². The Bertz CT molecular complexity index is 1280. The first-order valence-corrected chi connectivity index (χ1v) is 10.4. The Morgan fingerprint density at radius 2 is 1.82 bits per heavy atom. The third-order valence-corrected chi connectivity index (χ3v) is 5.41. The Kier molecular flexibility index (Phi) is 5.53. The van der Waals surface area contributed by atoms with Crippen LogP contribution in [0.1, 0.15) is 15.9 Å². The minimum atomic E-state index is -0.368. The zero-order chi connectivity index (χ0) is 22.8. The van der Waals surface area contributed by atoms with Gasteiger partial charge in [0.15, 0.2) is 22.8 Å². The molecule has 0 amide bonds. The number of morpholine rings is 1. The molecule has 11 heteroatoms. The summed E-state index contributed by atoms with van der Waals surface area (Å²) >= 11 is 0. The van der Waals surface area contributed by atoms with Crippen LogP contribution in [0.15, 0.2) is 43.0 Å². The van der Waals surface area contributed by atoms with Crippen molar-refractivity contribution in [3.63, 3.8) is 0 Å². The highest BCUT2D eigenvalue weighted by molar-refractivity contribution is 5.89. The maximum Gasteiger partial charge on any atom is 0.337 e. The summed E-state index contributed by atoms with van der Waals surface area (Å²) in [6.45, 7) is 3.20. The van der Waals surface area contributed by atoms with Crippen molar-refractivity contribution < 1.29 is 14.3 Å². The second-order valence-corrected chi connectivity index (χ2v) is 7.53. The second-order valence-electron chi connectivity index (χ2n) is 7.53. The fourth-order valence-corrected chi connectivity index (χ4v) is 3.68. The lowest BCUT2D eigenvalue weighted by Crippen LogP contribution is -2.37. The summed E-state index contributed by atoms with van der Waals surface area (Å²) in [4.78, 5) is 36.2. The van der Waals surface area contributed by atoms with Gasteiger partial charge in [0.05, 0.1) is 44.3 Å². The van der Waals surface area contributed by atoms with Crippen molar-refractivity contribution in [3.05, 3.63) is 54.1 Å². The van der Waals surface area contributed by atoms with E-state index in [4.69, 9.17) is 25.2 Å². The van der Waals surface area contributed by atoms with Crippen molar-refractivity contribution in [2.45, 2.75) is 6.54 Å². The number of carbonyl (C=O) groups is 1. The van der Waals surface area contributed by atoms with Crippen molar-refractivity contribution in [3.8, 4) is 11.4 Å². The maximum atomic E-state index is 11.7. The van der Waals surface area contributed by atoms with Crippen LogP contribution >= 0.6 is 0 Å². The summed E-state index contributed by atoms with van der Waals surface area (Å²) in [6.07, 6.45) is 4.97. The topological polar surface area (TPSA) is 134 Å². The number of benzene rings is 1. The van der Waals surface area contributed by atoms with Crippen molar-refractivity contribution in [1.82, 2.24) is 29.5 Å². The number of nitrogen functional groups attached to an aromatic ring is 1. The van der Waals surface area contributed by atoms with Gasteiger partial charge >= 0.3 is 5.97 Å². The Labute approximate surface area is 189 Å². The van der Waals surface area contributed by atoms with Gasteiger partial charge in [-0.15, -0.1) is 0 Å². The number of esters is 1. The van der Waals surface area contributed by atoms with Crippen molar-refractivity contribution in [2.75, 3.05) is 44.0 Å². The molecule has 4 aromatic rings. The Morgan fingerprint density at radius 1 is 1.09 bits per heavy atom. The highest BCUT2D eigenvalue weighted by atomic mass is 16.5. The van der Waals surface area contributed by atoms with E-state index in [-0.39, 0.29) is 11.9 Å². The van der Waals surface area contributed by atoms with Crippen LogP contribution < -0.4 is 10.6 Å². The van der Waals surface area contributed by atoms with E-state index in [1.54, 1.807) is 30.9 Å². The van der Waals surface area contributed by atoms with Crippen LogP contribution in [0.4, 0.5) is 11.8 Å². The number of methoxy groups -OCH3 is 1. The fourth-order valence-electron chi connectivity index (χ4n) is 3.68. The van der Waals surface area contributed by atoms with Gasteiger partial charge in [0.25, 0.3) is 0 Å². The van der Waals surface area contributed by atoms with Crippen molar-refractivity contribution in [2.24, 2.45) is 0 Å². The van der Waals surface area contributed by atoms with Gasteiger partial charge in [0.1, 0.15) is 0 Å². The van der Waals surface area contributed by atoms with E-state index in [9.17, 15) is 4.79 Å². The molecule has 11 nitrogen and oxygen atoms in total. The summed E-state index contributed by atoms with van der Waals surface area (Å²) in [7, 11) is 1.36. The number of hydrogen-bond donors (Lipinski definition) is 1. The highest BCUT2D eigenvalue weighted by Gasteiger charge is 2.21. The number of carbonyl (C=O) groups excluding carboxylic acids is 1. The molecule has 1 fully saturated rings. The minimum Gasteiger partial charge on any atom is -0.465 e. The normalized spacial score (nSPS) is 13.9. The molecule has 0 spiro atoms. The van der Waals surface area contributed by atoms with E-state index in [1.165, 1.54) is 7.11 Å². The van der Waals surface area contributed by atoms with Gasteiger partial charge in [-0.3, -0.25) is 0 Å². The first kappa shape index (κ1) is 20.8. The Balaban J connectivity index is 1.56. The predicted octanol–water partition coefficient (Wildman–Crippen LogP) is 1.54. The molecule has 1 aliphatic heterocycles. The summed E-state index contributed by atoms with van der Waals surface area (Å²) in [6, 6.07) is 7.25. The van der Waals surface area contributed by atoms with Crippen molar-refractivity contribution in [1.29, 1.82) is 0 Å². The van der Waals surface area contributed by atoms with Crippen molar-refractivity contribution >= 4 is 28.9 Å². The molecule has 0 radical (unpaired) electrons. The minimum absolute atomic E-state index is 0.189. The lowest BCUT2D eigenvalue weighted by Gasteiger charge is -2.28. The Morgan fingerprint density at radius 3 is 2.52 bits per heavy atom. The summed E-state index contributed by atoms with van der Waals surface area (Å²) < 4.78 is 12.2. The molecular formula is C22H22N8O3. The maximum absolute atomic E-state index is 11.7. The molecule has 1 aromatic carbocycles. The van der Waals surface area contributed by atoms with Gasteiger partial charge < -0.3 is 24.7 Å². The quantitative estimate of drug-likeness (QED) is 0.450. The van der Waals surface area contributed by atoms with E-state index in [0.29, 0.717) is 61.0 Å². The third kappa shape index (κ3) is 4.17. The van der Waals surface area contributed by atoms with E-state index in [1.807, 2.05) is 16.7 Å². The SMILES string of the molecule is COC(=O)c1ccc(Cn2cnc3c(N4CCOCC4)nc(-c4cnc(N)nc4)nc32)cc1. The van der Waals surface area contributed by atoms with Crippen LogP contribution in [0.2, 0.25) is 0 Å². The molecule has 3 aromatic heterocycles. The first-order valence-electron chi connectivity index (χ1n) is 10.4. The molecule has 0 unspecified atom stereocenters. The number of nitrogens with two attached hydrogens (primary N) is 1. The zero-order valence-corrected chi connectivity index (χ0v) is 18.0. The lowest BCUT2D eigenvalue weighted by molar-refractivity contribution is 0.0600. The fraction of sp³-hybridized carbons (Fsp3) is 0.273. The number of anilines is 2. The smallest absolute Gasteiger partial charge is 0.337 e. The lowest BCUT2D eigenvalue weighted by atomic mass is 10.1. The molecule has 168 valence electrons. The average Bonchev–Trinajstić information content (AvgIpc) is 3.27. The molecule has 0 saturated carbocycles. The van der Waals surface area contributed by atoms with Gasteiger partial charge in [-0.1, -0.05) is 12.1 Å². The molecule has 5 rings (SSSR count). The zero-order valence-electron chi connectivity index (χ0n) is 18.0. The molecular weight excluding hydrogens is 424 g/mol. The number of aromatic nitrogens is 6. The molecule has 33 heavy (non-hydrogen) atoms. The average molecular weight is 446 g/mol. The predicted molar refractivity (Wildman–Crippen MR) is 121 cm³/mol. The summed E-state index contributed by atoms with van der Waals surface area (Å²) in [5, 5.41) is 0. The number of fused-ring (bicyclic) bond motifs is 1. The molecule has 1 aliphatic rings. The van der Waals surface area contributed by atoms with E-state index < -0.39 is 0 Å². The molecule has 0 aliphatic carbocycles. The standard InChI is InChI=1S/C22H22N8O3/c1-32-21(31)15-4-2-14(3-5-15)12-30-13-26-17-19(29-6-8-33-9-7-29)27-18(28-20(17)30)16-10-24-22(23)25-11-16/h2-5,10-11,13H,6-9,12H2,1H3,(H2,23,24,25). The van der Waals surface area contributed by atoms with Gasteiger partial charge in [-0.2, -0.15) is 0 Å². The first-order chi connectivity index (χ1) is 16.1. The van der Waals surface area contributed by atoms with Crippen LogP contribution in [0.5, 0.6) is 0 Å². The molecule has 0 atom stereocenters. The third-order valence-electron chi connectivity index (χ3n) is 5.41. The number of ether oxygens (including phenoxy) is 2. The monoisotopic (exact) mass is 446 g/mol. The number of hydrogen-bond acceptors (Lipinski definition) is 10. The van der Waals surface area contributed by atoms with Crippen LogP contribution in [0.3, 0.4) is 0 Å². The van der Waals surface area contributed by atoms with E-state index in [0.717, 1.165) is 11.4 Å². The second kappa shape index (κ2) is 8.79. The summed E-state index contributed by atoms with van der Waals surface area (Å²) in [5.41, 5.74) is 9.20. The van der Waals surface area contributed by atoms with E-state index in [2.05, 4.69) is 19.9 Å². The largest absolute Gasteiger partial charge is 0.465 e. The molecule has 4 heterocycles. The van der Waals surface area contributed by atoms with Crippen LogP contribution in [-0.4, -0.2) is 68.9 Å². The molecule has 2 N–H and O–H groups in total. The molecule has 0 bridgehead atoms. The van der Waals surface area contributed by atoms with Gasteiger partial charge in [-0.05, 0) is 17.7 Å². The van der Waals surface area contributed by atoms with Crippen LogP contribution in [0.25, 0.3) is 22.6 Å². The van der Waals surface area contributed by atoms with Crippen LogP contribution in [0, 0.1) is 0 Å². The number of nitrogens with zero attached hydrogens (tertiary/aromatic N) is 7. The summed E-state index contributed by atoms with van der Waals surface area (Å²) in [5.74, 6) is 1.06. The number of rotatable bonds is 5. The van der Waals surface area contributed by atoms with E-state index >= 15 is 0 Å².